The molecule has 7 nitrogen and oxygen atoms in total. The molecule has 21 heavy (non-hydrogen) atoms. The number of hydrogen-bond donors (Lipinski definition) is 0. The van der Waals surface area contributed by atoms with Gasteiger partial charge in [0, 0.05) is 18.1 Å². The lowest BCUT2D eigenvalue weighted by molar-refractivity contribution is -0.143. The van der Waals surface area contributed by atoms with Crippen LogP contribution >= 0.6 is 0 Å². The van der Waals surface area contributed by atoms with Crippen LogP contribution in [0, 0.1) is 0 Å². The second kappa shape index (κ2) is 4.32. The third-order valence-corrected chi connectivity index (χ3v) is 4.25. The van der Waals surface area contributed by atoms with Crippen LogP contribution in [0.25, 0.3) is 11.2 Å². The van der Waals surface area contributed by atoms with Crippen molar-refractivity contribution >= 4 is 33.0 Å². The van der Waals surface area contributed by atoms with E-state index in [1.54, 1.807) is 0 Å². The predicted molar refractivity (Wildman–Crippen MR) is 69.7 cm³/mol. The minimum atomic E-state index is -3.82. The van der Waals surface area contributed by atoms with Gasteiger partial charge in [-0.15, -0.1) is 0 Å². The maximum Gasteiger partial charge on any atom is 0.343 e. The number of carbonyl (C=O) groups excluding carboxylic acids is 2. The smallest absolute Gasteiger partial charge is 0.343 e. The Morgan fingerprint density at radius 3 is 2.76 bits per heavy atom. The molecule has 0 saturated carbocycles. The normalized spacial score (nSPS) is 15.1. The number of ketones is 1. The molecule has 2 aromatic heterocycles. The van der Waals surface area contributed by atoms with Gasteiger partial charge in [-0.3, -0.25) is 4.79 Å². The SMILES string of the molecule is C=C(C)C(=O)OCC(=O)Cc1c2c3oc1cc3S(=O)(=O)O2. The van der Waals surface area contributed by atoms with Crippen molar-refractivity contribution in [3.63, 3.8) is 0 Å². The molecule has 0 spiro atoms. The molecular weight excluding hydrogens is 300 g/mol. The second-order valence-corrected chi connectivity index (χ2v) is 6.24. The third-order valence-electron chi connectivity index (χ3n) is 3.02. The van der Waals surface area contributed by atoms with Crippen LogP contribution in [-0.2, 0) is 30.9 Å². The lowest BCUT2D eigenvalue weighted by Gasteiger charge is -2.03. The molecule has 0 radical (unpaired) electrons. The van der Waals surface area contributed by atoms with E-state index in [2.05, 4.69) is 6.58 Å². The summed E-state index contributed by atoms with van der Waals surface area (Å²) in [5.41, 5.74) is 0.962. The van der Waals surface area contributed by atoms with E-state index >= 15 is 0 Å². The maximum absolute atomic E-state index is 11.8. The molecule has 3 heterocycles. The Labute approximate surface area is 119 Å². The molecule has 0 saturated heterocycles. The van der Waals surface area contributed by atoms with Gasteiger partial charge in [0.1, 0.15) is 5.58 Å². The molecular formula is C13H10O7S. The first-order chi connectivity index (χ1) is 9.79. The van der Waals surface area contributed by atoms with E-state index in [-0.39, 0.29) is 33.8 Å². The first-order valence-electron chi connectivity index (χ1n) is 5.96. The lowest BCUT2D eigenvalue weighted by atomic mass is 10.1. The molecule has 2 bridgehead atoms. The number of furan rings is 2. The molecule has 0 aromatic carbocycles. The summed E-state index contributed by atoms with van der Waals surface area (Å²) in [4.78, 5) is 23.0. The highest BCUT2D eigenvalue weighted by molar-refractivity contribution is 7.87. The number of benzene rings is 1. The summed E-state index contributed by atoms with van der Waals surface area (Å²) in [5, 5.41) is 0. The number of fused-ring (bicyclic) bond motifs is 1. The molecule has 0 N–H and O–H groups in total. The Morgan fingerprint density at radius 1 is 1.38 bits per heavy atom. The van der Waals surface area contributed by atoms with Crippen molar-refractivity contribution in [2.75, 3.05) is 6.61 Å². The van der Waals surface area contributed by atoms with Crippen LogP contribution in [0.4, 0.5) is 0 Å². The van der Waals surface area contributed by atoms with Gasteiger partial charge in [0.2, 0.25) is 0 Å². The molecule has 3 rings (SSSR count). The van der Waals surface area contributed by atoms with Crippen LogP contribution in [0.3, 0.4) is 0 Å². The zero-order valence-corrected chi connectivity index (χ0v) is 11.8. The van der Waals surface area contributed by atoms with Crippen molar-refractivity contribution in [1.82, 2.24) is 0 Å². The molecule has 8 heteroatoms. The van der Waals surface area contributed by atoms with Gasteiger partial charge in [-0.2, -0.15) is 8.42 Å². The van der Waals surface area contributed by atoms with Gasteiger partial charge in [-0.1, -0.05) is 6.58 Å². The highest BCUT2D eigenvalue weighted by Crippen LogP contribution is 2.47. The maximum atomic E-state index is 11.8. The van der Waals surface area contributed by atoms with Gasteiger partial charge in [0.25, 0.3) is 0 Å². The summed E-state index contributed by atoms with van der Waals surface area (Å²) < 4.78 is 38.0. The van der Waals surface area contributed by atoms with E-state index in [1.165, 1.54) is 13.0 Å². The van der Waals surface area contributed by atoms with E-state index in [4.69, 9.17) is 13.3 Å². The number of ether oxygens (including phenoxy) is 1. The van der Waals surface area contributed by atoms with Crippen LogP contribution < -0.4 is 4.18 Å². The van der Waals surface area contributed by atoms with Crippen molar-refractivity contribution in [2.24, 2.45) is 0 Å². The molecule has 0 unspecified atom stereocenters. The van der Waals surface area contributed by atoms with Crippen LogP contribution in [0.1, 0.15) is 12.5 Å². The Morgan fingerprint density at radius 2 is 2.10 bits per heavy atom. The fraction of sp³-hybridized carbons (Fsp3) is 0.231. The van der Waals surface area contributed by atoms with Gasteiger partial charge in [0.05, 0.1) is 5.56 Å². The van der Waals surface area contributed by atoms with Crippen molar-refractivity contribution in [3.8, 4) is 5.75 Å². The number of esters is 1. The summed E-state index contributed by atoms with van der Waals surface area (Å²) >= 11 is 0. The third kappa shape index (κ3) is 2.07. The van der Waals surface area contributed by atoms with E-state index in [0.29, 0.717) is 5.56 Å². The van der Waals surface area contributed by atoms with Gasteiger partial charge in [-0.25, -0.2) is 4.79 Å². The fourth-order valence-corrected chi connectivity index (χ4v) is 3.14. The fourth-order valence-electron chi connectivity index (χ4n) is 2.04. The average molecular weight is 310 g/mol. The monoisotopic (exact) mass is 310 g/mol. The van der Waals surface area contributed by atoms with E-state index in [0.717, 1.165) is 0 Å². The highest BCUT2D eigenvalue weighted by Gasteiger charge is 2.39. The van der Waals surface area contributed by atoms with E-state index < -0.39 is 28.5 Å². The summed E-state index contributed by atoms with van der Waals surface area (Å²) in [7, 11) is -3.82. The molecule has 110 valence electrons. The number of carbonyl (C=O) groups is 2. The Hall–Kier alpha value is -2.35. The predicted octanol–water partition coefficient (Wildman–Crippen LogP) is 1.18. The minimum absolute atomic E-state index is 0.0163. The van der Waals surface area contributed by atoms with Gasteiger partial charge in [-0.05, 0) is 6.92 Å². The van der Waals surface area contributed by atoms with Gasteiger partial charge < -0.3 is 13.3 Å². The summed E-state index contributed by atoms with van der Waals surface area (Å²) in [6, 6.07) is 1.32. The van der Waals surface area contributed by atoms with Gasteiger partial charge in [0.15, 0.2) is 28.6 Å². The van der Waals surface area contributed by atoms with Crippen molar-refractivity contribution in [2.45, 2.75) is 18.2 Å². The van der Waals surface area contributed by atoms with E-state index in [1.807, 2.05) is 0 Å². The van der Waals surface area contributed by atoms with Crippen molar-refractivity contribution in [3.05, 3.63) is 23.8 Å². The Bertz CT molecular complexity index is 872. The largest absolute Gasteiger partial charge is 0.454 e. The number of Topliss-reactive ketones (excluding diaryl/α,β-unsaturated/α-hetero) is 1. The van der Waals surface area contributed by atoms with Gasteiger partial charge >= 0.3 is 16.1 Å². The first kappa shape index (κ1) is 13.6. The molecule has 0 fully saturated rings. The second-order valence-electron chi connectivity index (χ2n) is 4.72. The van der Waals surface area contributed by atoms with Crippen LogP contribution in [-0.4, -0.2) is 26.8 Å². The summed E-state index contributed by atoms with van der Waals surface area (Å²) in [5.74, 6) is -1.00. The molecule has 2 aromatic rings. The molecule has 1 aliphatic rings. The summed E-state index contributed by atoms with van der Waals surface area (Å²) in [6.07, 6.45) is -0.142. The molecule has 0 atom stereocenters. The summed E-state index contributed by atoms with van der Waals surface area (Å²) in [6.45, 7) is 4.44. The Kier molecular flexibility index (Phi) is 2.80. The number of rotatable bonds is 5. The van der Waals surface area contributed by atoms with Crippen molar-refractivity contribution in [1.29, 1.82) is 0 Å². The zero-order valence-electron chi connectivity index (χ0n) is 11.0. The molecule has 1 aliphatic heterocycles. The van der Waals surface area contributed by atoms with Crippen LogP contribution in [0.15, 0.2) is 27.5 Å². The standard InChI is InChI=1S/C13H10O7S/c1-6(2)13(15)18-5-7(14)3-8-9-4-10-12(19-9)11(8)20-21(10,16)17/h4H,1,3,5H2,2H3. The highest BCUT2D eigenvalue weighted by atomic mass is 32.2. The lowest BCUT2D eigenvalue weighted by Crippen LogP contribution is -2.16. The van der Waals surface area contributed by atoms with Crippen LogP contribution in [0.2, 0.25) is 0 Å². The average Bonchev–Trinajstić information content (AvgIpc) is 2.99. The quantitative estimate of drug-likeness (QED) is 0.464. The van der Waals surface area contributed by atoms with E-state index in [9.17, 15) is 18.0 Å². The molecule has 0 amide bonds. The zero-order chi connectivity index (χ0) is 15.4. The minimum Gasteiger partial charge on any atom is -0.454 e. The molecule has 0 aliphatic carbocycles. The topological polar surface area (TPSA) is 99.9 Å². The first-order valence-corrected chi connectivity index (χ1v) is 7.37. The van der Waals surface area contributed by atoms with Crippen molar-refractivity contribution < 1.29 is 31.3 Å². The number of hydrogen-bond acceptors (Lipinski definition) is 7. The van der Waals surface area contributed by atoms with Crippen LogP contribution in [0.5, 0.6) is 5.75 Å². The Balaban J connectivity index is 1.74.